The number of hydrogen-bond acceptors (Lipinski definition) is 4. The lowest BCUT2D eigenvalue weighted by Gasteiger charge is -2.05. The van der Waals surface area contributed by atoms with Gasteiger partial charge in [0.25, 0.3) is 0 Å². The molecule has 1 aromatic rings. The van der Waals surface area contributed by atoms with Crippen LogP contribution in [0.5, 0.6) is 0 Å². The Hall–Kier alpha value is -1.63. The summed E-state index contributed by atoms with van der Waals surface area (Å²) in [4.78, 5) is 27.7. The molecule has 0 spiro atoms. The molecule has 2 amide bonds. The lowest BCUT2D eigenvalue weighted by atomic mass is 10.1. The van der Waals surface area contributed by atoms with Crippen molar-refractivity contribution in [1.82, 2.24) is 10.3 Å². The lowest BCUT2D eigenvalue weighted by molar-refractivity contribution is -0.137. The number of carbonyl (C=O) groups is 2. The van der Waals surface area contributed by atoms with E-state index in [-0.39, 0.29) is 12.5 Å². The number of aryl methyl sites for hydroxylation is 2. The lowest BCUT2D eigenvalue weighted by Crippen LogP contribution is -2.29. The summed E-state index contributed by atoms with van der Waals surface area (Å²) in [6, 6.07) is -0.215. The van der Waals surface area contributed by atoms with E-state index in [1.54, 1.807) is 11.3 Å². The minimum Gasteiger partial charge on any atom is -0.481 e. The van der Waals surface area contributed by atoms with Crippen molar-refractivity contribution in [3.8, 4) is 0 Å². The molecule has 6 nitrogen and oxygen atoms in total. The van der Waals surface area contributed by atoms with Crippen molar-refractivity contribution in [2.75, 3.05) is 11.9 Å². The molecule has 0 saturated carbocycles. The second-order valence-corrected chi connectivity index (χ2v) is 6.26. The average Bonchev–Trinajstić information content (AvgIpc) is 2.98. The van der Waals surface area contributed by atoms with Crippen LogP contribution in [0.4, 0.5) is 9.93 Å². The first-order valence-corrected chi connectivity index (χ1v) is 8.22. The van der Waals surface area contributed by atoms with Crippen LogP contribution in [0.25, 0.3) is 0 Å². The fourth-order valence-electron chi connectivity index (χ4n) is 2.34. The van der Waals surface area contributed by atoms with Gasteiger partial charge in [-0.1, -0.05) is 12.8 Å². The van der Waals surface area contributed by atoms with Gasteiger partial charge in [0.05, 0.1) is 5.69 Å². The summed E-state index contributed by atoms with van der Waals surface area (Å²) in [5.74, 6) is -0.747. The van der Waals surface area contributed by atoms with Crippen LogP contribution < -0.4 is 10.6 Å². The second-order valence-electron chi connectivity index (χ2n) is 5.18. The van der Waals surface area contributed by atoms with Gasteiger partial charge in [0.2, 0.25) is 0 Å². The maximum atomic E-state index is 11.7. The van der Waals surface area contributed by atoms with E-state index < -0.39 is 5.97 Å². The van der Waals surface area contributed by atoms with Crippen LogP contribution in [0.15, 0.2) is 0 Å². The van der Waals surface area contributed by atoms with Crippen molar-refractivity contribution in [3.63, 3.8) is 0 Å². The minimum atomic E-state index is -0.747. The number of nitrogens with zero attached hydrogens (tertiary/aromatic N) is 1. The number of unbranched alkanes of at least 4 members (excludes halogenated alkanes) is 3. The zero-order valence-electron chi connectivity index (χ0n) is 12.0. The molecule has 0 radical (unpaired) electrons. The van der Waals surface area contributed by atoms with E-state index in [1.165, 1.54) is 11.3 Å². The van der Waals surface area contributed by atoms with E-state index in [2.05, 4.69) is 15.6 Å². The summed E-state index contributed by atoms with van der Waals surface area (Å²) < 4.78 is 0. The van der Waals surface area contributed by atoms with Gasteiger partial charge in [-0.3, -0.25) is 10.1 Å². The quantitative estimate of drug-likeness (QED) is 0.644. The first kappa shape index (κ1) is 15.8. The van der Waals surface area contributed by atoms with Gasteiger partial charge in [-0.15, -0.1) is 11.3 Å². The van der Waals surface area contributed by atoms with E-state index in [4.69, 9.17) is 5.11 Å². The third kappa shape index (κ3) is 5.34. The maximum Gasteiger partial charge on any atom is 0.321 e. The van der Waals surface area contributed by atoms with E-state index in [0.29, 0.717) is 18.1 Å². The molecule has 0 bridgehead atoms. The predicted molar refractivity (Wildman–Crippen MR) is 81.9 cm³/mol. The molecular weight excluding hydrogens is 290 g/mol. The Morgan fingerprint density at radius 2 is 2.00 bits per heavy atom. The van der Waals surface area contributed by atoms with E-state index >= 15 is 0 Å². The molecule has 1 aliphatic carbocycles. The number of aromatic nitrogens is 1. The molecule has 0 fully saturated rings. The summed E-state index contributed by atoms with van der Waals surface area (Å²) in [5.41, 5.74) is 1.13. The third-order valence-corrected chi connectivity index (χ3v) is 4.49. The molecule has 0 aliphatic heterocycles. The number of fused-ring (bicyclic) bond motifs is 1. The van der Waals surface area contributed by atoms with Crippen molar-refractivity contribution in [2.24, 2.45) is 0 Å². The fraction of sp³-hybridized carbons (Fsp3) is 0.643. The number of carbonyl (C=O) groups excluding carboxylic acids is 1. The average molecular weight is 311 g/mol. The highest BCUT2D eigenvalue weighted by Gasteiger charge is 2.17. The molecule has 7 heteroatoms. The Morgan fingerprint density at radius 3 is 2.76 bits per heavy atom. The predicted octanol–water partition coefficient (Wildman–Crippen LogP) is 2.79. The maximum absolute atomic E-state index is 11.7. The number of urea groups is 1. The van der Waals surface area contributed by atoms with Gasteiger partial charge in [0.15, 0.2) is 5.13 Å². The number of thiazole rings is 1. The van der Waals surface area contributed by atoms with Gasteiger partial charge in [0, 0.05) is 17.8 Å². The summed E-state index contributed by atoms with van der Waals surface area (Å²) in [6.07, 6.45) is 6.87. The SMILES string of the molecule is O=C(O)CCCCCCNC(=O)Nc1nc2c(s1)CCC2. The number of nitrogens with one attached hydrogen (secondary N) is 2. The fourth-order valence-corrected chi connectivity index (χ4v) is 3.39. The smallest absolute Gasteiger partial charge is 0.321 e. The molecular formula is C14H21N3O3S. The number of anilines is 1. The van der Waals surface area contributed by atoms with Gasteiger partial charge in [-0.2, -0.15) is 0 Å². The Morgan fingerprint density at radius 1 is 1.19 bits per heavy atom. The highest BCUT2D eigenvalue weighted by Crippen LogP contribution is 2.30. The minimum absolute atomic E-state index is 0.215. The van der Waals surface area contributed by atoms with E-state index in [9.17, 15) is 9.59 Å². The monoisotopic (exact) mass is 311 g/mol. The first-order chi connectivity index (χ1) is 10.1. The van der Waals surface area contributed by atoms with Crippen molar-refractivity contribution in [3.05, 3.63) is 10.6 Å². The molecule has 1 aromatic heterocycles. The van der Waals surface area contributed by atoms with Crippen molar-refractivity contribution < 1.29 is 14.7 Å². The normalized spacial score (nSPS) is 13.0. The largest absolute Gasteiger partial charge is 0.481 e. The molecule has 0 saturated heterocycles. The highest BCUT2D eigenvalue weighted by molar-refractivity contribution is 7.15. The van der Waals surface area contributed by atoms with Gasteiger partial charge in [0.1, 0.15) is 0 Å². The summed E-state index contributed by atoms with van der Waals surface area (Å²) in [7, 11) is 0. The highest BCUT2D eigenvalue weighted by atomic mass is 32.1. The number of carboxylic acids is 1. The third-order valence-electron chi connectivity index (χ3n) is 3.42. The number of hydrogen-bond donors (Lipinski definition) is 3. The van der Waals surface area contributed by atoms with Crippen molar-refractivity contribution in [1.29, 1.82) is 0 Å². The first-order valence-electron chi connectivity index (χ1n) is 7.40. The van der Waals surface area contributed by atoms with Crippen LogP contribution >= 0.6 is 11.3 Å². The summed E-state index contributed by atoms with van der Waals surface area (Å²) >= 11 is 1.56. The van der Waals surface area contributed by atoms with Crippen LogP contribution in [-0.4, -0.2) is 28.6 Å². The second kappa shape index (κ2) is 7.97. The Labute approximate surface area is 128 Å². The van der Waals surface area contributed by atoms with Crippen LogP contribution in [0, 0.1) is 0 Å². The number of rotatable bonds is 8. The van der Waals surface area contributed by atoms with Crippen LogP contribution in [-0.2, 0) is 17.6 Å². The molecule has 21 heavy (non-hydrogen) atoms. The summed E-state index contributed by atoms with van der Waals surface area (Å²) in [6.45, 7) is 0.601. The number of carboxylic acid groups (broad SMARTS) is 1. The molecule has 1 heterocycles. The molecule has 116 valence electrons. The van der Waals surface area contributed by atoms with Crippen molar-refractivity contribution in [2.45, 2.75) is 51.4 Å². The molecule has 0 unspecified atom stereocenters. The topological polar surface area (TPSA) is 91.3 Å². The van der Waals surface area contributed by atoms with Crippen LogP contribution in [0.2, 0.25) is 0 Å². The Kier molecular flexibility index (Phi) is 5.98. The van der Waals surface area contributed by atoms with E-state index in [0.717, 1.165) is 37.8 Å². The Balaban J connectivity index is 1.54. The van der Waals surface area contributed by atoms with Gasteiger partial charge in [-0.05, 0) is 32.1 Å². The van der Waals surface area contributed by atoms with Crippen molar-refractivity contribution >= 4 is 28.5 Å². The van der Waals surface area contributed by atoms with Gasteiger partial charge < -0.3 is 10.4 Å². The van der Waals surface area contributed by atoms with Crippen LogP contribution in [0.1, 0.15) is 49.1 Å². The standard InChI is InChI=1S/C14H21N3O3S/c18-12(19)8-3-1-2-4-9-15-13(20)17-14-16-10-6-5-7-11(10)21-14/h1-9H2,(H,18,19)(H2,15,16,17,20). The van der Waals surface area contributed by atoms with Gasteiger partial charge >= 0.3 is 12.0 Å². The molecule has 1 aliphatic rings. The zero-order valence-corrected chi connectivity index (χ0v) is 12.8. The summed E-state index contributed by atoms with van der Waals surface area (Å²) in [5, 5.41) is 14.7. The number of aliphatic carboxylic acids is 1. The molecule has 2 rings (SSSR count). The number of amides is 2. The molecule has 0 atom stereocenters. The van der Waals surface area contributed by atoms with E-state index in [1.807, 2.05) is 0 Å². The van der Waals surface area contributed by atoms with Crippen LogP contribution in [0.3, 0.4) is 0 Å². The molecule has 0 aromatic carbocycles. The Bertz CT molecular complexity index is 480. The zero-order chi connectivity index (χ0) is 15.1. The van der Waals surface area contributed by atoms with Gasteiger partial charge in [-0.25, -0.2) is 9.78 Å². The molecule has 3 N–H and O–H groups in total.